The molecule has 0 atom stereocenters. The molecule has 1 aromatic heterocycles. The third-order valence-electron chi connectivity index (χ3n) is 3.48. The van der Waals surface area contributed by atoms with Crippen LogP contribution in [0, 0.1) is 0 Å². The predicted molar refractivity (Wildman–Crippen MR) is 107 cm³/mol. The van der Waals surface area contributed by atoms with E-state index in [0.717, 1.165) is 10.2 Å². The maximum atomic E-state index is 12.2. The first-order chi connectivity index (χ1) is 12.5. The minimum Gasteiger partial charge on any atom is -0.484 e. The van der Waals surface area contributed by atoms with Crippen LogP contribution in [0.25, 0.3) is 6.08 Å². The van der Waals surface area contributed by atoms with Crippen LogP contribution in [-0.4, -0.2) is 5.78 Å². The zero-order valence-corrected chi connectivity index (χ0v) is 16.5. The number of ketones is 1. The lowest BCUT2D eigenvalue weighted by atomic mass is 10.1. The zero-order chi connectivity index (χ0) is 18.5. The second-order valence-corrected chi connectivity index (χ2v) is 7.04. The Bertz CT molecular complexity index is 963. The summed E-state index contributed by atoms with van der Waals surface area (Å²) in [6, 6.07) is 15.9. The van der Waals surface area contributed by atoms with Gasteiger partial charge in [-0.2, -0.15) is 0 Å². The van der Waals surface area contributed by atoms with E-state index < -0.39 is 0 Å². The van der Waals surface area contributed by atoms with Crippen molar-refractivity contribution < 1.29 is 13.9 Å². The van der Waals surface area contributed by atoms with Gasteiger partial charge in [-0.15, -0.1) is 0 Å². The first-order valence-corrected chi connectivity index (χ1v) is 9.21. The minimum absolute atomic E-state index is 0.228. The van der Waals surface area contributed by atoms with Crippen LogP contribution >= 0.6 is 39.1 Å². The number of carbonyl (C=O) groups excluding carboxylic acids is 1. The number of hydrogen-bond acceptors (Lipinski definition) is 3. The zero-order valence-electron chi connectivity index (χ0n) is 13.4. The molecule has 1 heterocycles. The Kier molecular flexibility index (Phi) is 6.20. The number of ether oxygens (including phenoxy) is 1. The number of para-hydroxylation sites is 1. The van der Waals surface area contributed by atoms with E-state index in [0.29, 0.717) is 27.1 Å². The molecule has 0 fully saturated rings. The highest BCUT2D eigenvalue weighted by atomic mass is 79.9. The summed E-state index contributed by atoms with van der Waals surface area (Å²) in [6.45, 7) is 0.285. The molecule has 3 rings (SSSR count). The first-order valence-electron chi connectivity index (χ1n) is 7.66. The summed E-state index contributed by atoms with van der Waals surface area (Å²) in [7, 11) is 0. The molecule has 0 aliphatic rings. The van der Waals surface area contributed by atoms with Gasteiger partial charge in [0.2, 0.25) is 0 Å². The van der Waals surface area contributed by atoms with Gasteiger partial charge in [-0.25, -0.2) is 0 Å². The summed E-state index contributed by atoms with van der Waals surface area (Å²) in [5.41, 5.74) is 0.386. The quantitative estimate of drug-likeness (QED) is 0.304. The van der Waals surface area contributed by atoms with Gasteiger partial charge >= 0.3 is 0 Å². The van der Waals surface area contributed by atoms with Crippen LogP contribution in [0.2, 0.25) is 10.0 Å². The van der Waals surface area contributed by atoms with E-state index in [1.807, 2.05) is 24.3 Å². The lowest BCUT2D eigenvalue weighted by molar-refractivity contribution is 0.104. The molecule has 26 heavy (non-hydrogen) atoms. The van der Waals surface area contributed by atoms with Crippen LogP contribution in [0.3, 0.4) is 0 Å². The molecule has 0 N–H and O–H groups in total. The van der Waals surface area contributed by atoms with Gasteiger partial charge in [-0.05, 0) is 70.5 Å². The highest BCUT2D eigenvalue weighted by Gasteiger charge is 2.08. The highest BCUT2D eigenvalue weighted by molar-refractivity contribution is 9.10. The number of allylic oxidation sites excluding steroid dienone is 1. The van der Waals surface area contributed by atoms with Crippen LogP contribution in [0.15, 0.2) is 69.6 Å². The van der Waals surface area contributed by atoms with Crippen molar-refractivity contribution in [1.29, 1.82) is 0 Å². The Morgan fingerprint density at radius 3 is 2.69 bits per heavy atom. The van der Waals surface area contributed by atoms with Crippen molar-refractivity contribution in [3.63, 3.8) is 0 Å². The van der Waals surface area contributed by atoms with Gasteiger partial charge in [0.25, 0.3) is 0 Å². The molecule has 0 bridgehead atoms. The molecule has 3 nitrogen and oxygen atoms in total. The number of hydrogen-bond donors (Lipinski definition) is 0. The Morgan fingerprint density at radius 2 is 1.92 bits per heavy atom. The Labute approximate surface area is 169 Å². The third-order valence-corrected chi connectivity index (χ3v) is 4.69. The standard InChI is InChI=1S/C20H13BrCl2O3/c21-17-3-1-2-4-20(17)25-12-15-7-6-14(26-15)8-10-19(24)16-9-5-13(22)11-18(16)23/h1-11H,12H2/b10-8+. The summed E-state index contributed by atoms with van der Waals surface area (Å²) in [5, 5.41) is 0.797. The van der Waals surface area contributed by atoms with Crippen molar-refractivity contribution in [1.82, 2.24) is 0 Å². The van der Waals surface area contributed by atoms with E-state index in [2.05, 4.69) is 15.9 Å². The number of halogens is 3. The third kappa shape index (κ3) is 4.79. The Hall–Kier alpha value is -2.01. The predicted octanol–water partition coefficient (Wildman–Crippen LogP) is 6.82. The second-order valence-electron chi connectivity index (χ2n) is 5.34. The van der Waals surface area contributed by atoms with E-state index in [-0.39, 0.29) is 12.4 Å². The average Bonchev–Trinajstić information content (AvgIpc) is 3.07. The average molecular weight is 452 g/mol. The Balaban J connectivity index is 1.63. The summed E-state index contributed by atoms with van der Waals surface area (Å²) in [6.07, 6.45) is 3.00. The fraction of sp³-hybridized carbons (Fsp3) is 0.0500. The van der Waals surface area contributed by atoms with Gasteiger partial charge in [0.15, 0.2) is 5.78 Å². The summed E-state index contributed by atoms with van der Waals surface area (Å²) >= 11 is 15.3. The van der Waals surface area contributed by atoms with E-state index in [1.54, 1.807) is 30.3 Å². The van der Waals surface area contributed by atoms with Gasteiger partial charge in [-0.1, -0.05) is 35.3 Å². The molecule has 0 saturated carbocycles. The molecule has 0 spiro atoms. The molecule has 0 radical (unpaired) electrons. The number of furan rings is 1. The molecule has 3 aromatic rings. The van der Waals surface area contributed by atoms with Gasteiger partial charge in [-0.3, -0.25) is 4.79 Å². The largest absolute Gasteiger partial charge is 0.484 e. The van der Waals surface area contributed by atoms with Gasteiger partial charge in [0.05, 0.1) is 9.50 Å². The normalized spacial score (nSPS) is 11.0. The van der Waals surface area contributed by atoms with E-state index >= 15 is 0 Å². The maximum Gasteiger partial charge on any atom is 0.187 e. The Morgan fingerprint density at radius 1 is 1.12 bits per heavy atom. The van der Waals surface area contributed by atoms with Crippen LogP contribution in [0.4, 0.5) is 0 Å². The molecule has 2 aromatic carbocycles. The molecule has 0 aliphatic heterocycles. The molecular weight excluding hydrogens is 439 g/mol. The number of benzene rings is 2. The van der Waals surface area contributed by atoms with Crippen molar-refractivity contribution in [2.45, 2.75) is 6.61 Å². The molecule has 6 heteroatoms. The van der Waals surface area contributed by atoms with Gasteiger partial charge in [0.1, 0.15) is 23.9 Å². The fourth-order valence-corrected chi connectivity index (χ4v) is 3.11. The van der Waals surface area contributed by atoms with Gasteiger partial charge in [0, 0.05) is 10.6 Å². The number of rotatable bonds is 6. The summed E-state index contributed by atoms with van der Waals surface area (Å²) < 4.78 is 12.2. The number of carbonyl (C=O) groups is 1. The van der Waals surface area contributed by atoms with Crippen molar-refractivity contribution >= 4 is 51.0 Å². The molecule has 0 saturated heterocycles. The lowest BCUT2D eigenvalue weighted by Gasteiger charge is -2.05. The topological polar surface area (TPSA) is 39.4 Å². The minimum atomic E-state index is -0.228. The lowest BCUT2D eigenvalue weighted by Crippen LogP contribution is -1.95. The second kappa shape index (κ2) is 8.58. The monoisotopic (exact) mass is 450 g/mol. The van der Waals surface area contributed by atoms with Crippen LogP contribution in [0.5, 0.6) is 5.75 Å². The molecule has 0 unspecified atom stereocenters. The smallest absolute Gasteiger partial charge is 0.187 e. The van der Waals surface area contributed by atoms with Crippen LogP contribution in [-0.2, 0) is 6.61 Å². The van der Waals surface area contributed by atoms with Crippen LogP contribution in [0.1, 0.15) is 21.9 Å². The van der Waals surface area contributed by atoms with Crippen molar-refractivity contribution in [3.8, 4) is 5.75 Å². The van der Waals surface area contributed by atoms with E-state index in [9.17, 15) is 4.79 Å². The fourth-order valence-electron chi connectivity index (χ4n) is 2.21. The summed E-state index contributed by atoms with van der Waals surface area (Å²) in [5.74, 6) is 1.70. The van der Waals surface area contributed by atoms with Crippen molar-refractivity contribution in [2.75, 3.05) is 0 Å². The molecular formula is C20H13BrCl2O3. The van der Waals surface area contributed by atoms with Crippen molar-refractivity contribution in [2.24, 2.45) is 0 Å². The van der Waals surface area contributed by atoms with Crippen LogP contribution < -0.4 is 4.74 Å². The van der Waals surface area contributed by atoms with Gasteiger partial charge < -0.3 is 9.15 Å². The maximum absolute atomic E-state index is 12.2. The molecule has 132 valence electrons. The van der Waals surface area contributed by atoms with Crippen molar-refractivity contribution in [3.05, 3.63) is 92.3 Å². The molecule has 0 amide bonds. The highest BCUT2D eigenvalue weighted by Crippen LogP contribution is 2.25. The first kappa shape index (κ1) is 18.8. The molecule has 0 aliphatic carbocycles. The summed E-state index contributed by atoms with van der Waals surface area (Å²) in [4.78, 5) is 12.2. The van der Waals surface area contributed by atoms with E-state index in [1.165, 1.54) is 12.1 Å². The van der Waals surface area contributed by atoms with E-state index in [4.69, 9.17) is 32.4 Å². The SMILES string of the molecule is O=C(/C=C/c1ccc(COc2ccccc2Br)o1)c1ccc(Cl)cc1Cl.